The summed E-state index contributed by atoms with van der Waals surface area (Å²) in [6.45, 7) is 0. The fraction of sp³-hybridized carbons (Fsp3) is 0. The highest BCUT2D eigenvalue weighted by molar-refractivity contribution is 5.99. The third-order valence-corrected chi connectivity index (χ3v) is 2.18. The second-order valence-corrected chi connectivity index (χ2v) is 3.18. The van der Waals surface area contributed by atoms with Gasteiger partial charge in [-0.05, 0) is 23.6 Å². The lowest BCUT2D eigenvalue weighted by molar-refractivity contribution is 0.0696. The number of hydrogen-bond acceptors (Lipinski definition) is 3. The van der Waals surface area contributed by atoms with Gasteiger partial charge in [-0.1, -0.05) is 12.1 Å². The van der Waals surface area contributed by atoms with Crippen molar-refractivity contribution in [1.29, 1.82) is 0 Å². The Balaban J connectivity index is 2.84. The Kier molecular flexibility index (Phi) is 1.97. The van der Waals surface area contributed by atoms with Crippen LogP contribution in [0.5, 0.6) is 11.5 Å². The fourth-order valence-corrected chi connectivity index (χ4v) is 1.51. The second-order valence-electron chi connectivity index (χ2n) is 3.18. The number of carboxylic acids is 1. The van der Waals surface area contributed by atoms with E-state index in [1.54, 1.807) is 12.1 Å². The molecule has 0 fully saturated rings. The lowest BCUT2D eigenvalue weighted by Gasteiger charge is -2.04. The van der Waals surface area contributed by atoms with Crippen LogP contribution in [0.25, 0.3) is 10.8 Å². The Labute approximate surface area is 85.0 Å². The Morgan fingerprint density at radius 2 is 1.80 bits per heavy atom. The predicted octanol–water partition coefficient (Wildman–Crippen LogP) is 1.95. The zero-order chi connectivity index (χ0) is 11.0. The number of aromatic hydroxyl groups is 2. The lowest BCUT2D eigenvalue weighted by Crippen LogP contribution is -1.95. The molecule has 0 saturated carbocycles. The number of fused-ring (bicyclic) bond motifs is 1. The van der Waals surface area contributed by atoms with Crippen LogP contribution in [0.4, 0.5) is 0 Å². The molecule has 0 spiro atoms. The average Bonchev–Trinajstić information content (AvgIpc) is 2.17. The highest BCUT2D eigenvalue weighted by Gasteiger charge is 2.10. The number of carbonyl (C=O) groups is 1. The fourth-order valence-electron chi connectivity index (χ4n) is 1.51. The molecule has 15 heavy (non-hydrogen) atoms. The first-order valence-corrected chi connectivity index (χ1v) is 4.27. The molecule has 2 aromatic rings. The highest BCUT2D eigenvalue weighted by atomic mass is 16.4. The number of phenolic OH excluding ortho intramolecular Hbond substituents is 2. The summed E-state index contributed by atoms with van der Waals surface area (Å²) in [5.74, 6) is -1.42. The zero-order valence-corrected chi connectivity index (χ0v) is 7.64. The summed E-state index contributed by atoms with van der Waals surface area (Å²) >= 11 is 0. The molecule has 2 rings (SSSR count). The van der Waals surface area contributed by atoms with E-state index < -0.39 is 5.97 Å². The molecule has 0 amide bonds. The van der Waals surface area contributed by atoms with Gasteiger partial charge in [0.2, 0.25) is 0 Å². The summed E-state index contributed by atoms with van der Waals surface area (Å²) < 4.78 is 0. The van der Waals surface area contributed by atoms with Gasteiger partial charge in [-0.25, -0.2) is 4.79 Å². The van der Waals surface area contributed by atoms with Crippen molar-refractivity contribution in [3.05, 3.63) is 35.9 Å². The largest absolute Gasteiger partial charge is 0.507 e. The summed E-state index contributed by atoms with van der Waals surface area (Å²) in [6, 6.07) is 7.16. The third kappa shape index (κ3) is 1.46. The van der Waals surface area contributed by atoms with Crippen LogP contribution in [0, 0.1) is 0 Å². The topological polar surface area (TPSA) is 77.8 Å². The lowest BCUT2D eigenvalue weighted by atomic mass is 10.1. The molecule has 4 nitrogen and oxygen atoms in total. The van der Waals surface area contributed by atoms with Crippen molar-refractivity contribution in [2.75, 3.05) is 0 Å². The van der Waals surface area contributed by atoms with Gasteiger partial charge in [0.05, 0.1) is 10.9 Å². The molecule has 0 aromatic heterocycles. The highest BCUT2D eigenvalue weighted by Crippen LogP contribution is 2.33. The third-order valence-electron chi connectivity index (χ3n) is 2.18. The predicted molar refractivity (Wildman–Crippen MR) is 54.2 cm³/mol. The first kappa shape index (κ1) is 9.33. The summed E-state index contributed by atoms with van der Waals surface area (Å²) in [5.41, 5.74) is -0.00870. The molecule has 0 radical (unpaired) electrons. The minimum Gasteiger partial charge on any atom is -0.507 e. The number of hydrogen-bond donors (Lipinski definition) is 3. The molecule has 0 aliphatic carbocycles. The summed E-state index contributed by atoms with van der Waals surface area (Å²) in [4.78, 5) is 10.7. The number of phenols is 2. The maximum atomic E-state index is 10.7. The van der Waals surface area contributed by atoms with Crippen LogP contribution in [0.1, 0.15) is 10.4 Å². The average molecular weight is 204 g/mol. The van der Waals surface area contributed by atoms with Gasteiger partial charge in [-0.2, -0.15) is 0 Å². The quantitative estimate of drug-likeness (QED) is 0.663. The van der Waals surface area contributed by atoms with Crippen LogP contribution in [0.2, 0.25) is 0 Å². The number of aromatic carboxylic acids is 1. The van der Waals surface area contributed by atoms with E-state index in [1.165, 1.54) is 12.1 Å². The molecule has 0 heterocycles. The standard InChI is InChI=1S/C11H8O4/c12-8-3-1-2-6-4-7(11(14)15)5-9(13)10(6)8/h1-5,12-13H,(H,14,15). The van der Waals surface area contributed by atoms with Crippen LogP contribution in [0.15, 0.2) is 30.3 Å². The molecule has 3 N–H and O–H groups in total. The van der Waals surface area contributed by atoms with Gasteiger partial charge in [0.1, 0.15) is 11.5 Å². The normalized spacial score (nSPS) is 10.4. The van der Waals surface area contributed by atoms with Crippen LogP contribution in [-0.2, 0) is 0 Å². The van der Waals surface area contributed by atoms with E-state index in [0.717, 1.165) is 6.07 Å². The monoisotopic (exact) mass is 204 g/mol. The van der Waals surface area contributed by atoms with E-state index in [0.29, 0.717) is 5.39 Å². The first-order valence-electron chi connectivity index (χ1n) is 4.27. The van der Waals surface area contributed by atoms with Gasteiger partial charge in [0.25, 0.3) is 0 Å². The second kappa shape index (κ2) is 3.16. The molecule has 0 aliphatic heterocycles. The van der Waals surface area contributed by atoms with E-state index in [2.05, 4.69) is 0 Å². The minimum absolute atomic E-state index is 0.00870. The van der Waals surface area contributed by atoms with E-state index in [9.17, 15) is 15.0 Å². The van der Waals surface area contributed by atoms with Crippen molar-refractivity contribution in [2.45, 2.75) is 0 Å². The molecule has 0 atom stereocenters. The summed E-state index contributed by atoms with van der Waals surface area (Å²) in [5, 5.41) is 28.6. The van der Waals surface area contributed by atoms with Gasteiger partial charge in [-0.15, -0.1) is 0 Å². The van der Waals surface area contributed by atoms with Crippen molar-refractivity contribution in [3.8, 4) is 11.5 Å². The maximum Gasteiger partial charge on any atom is 0.335 e. The molecule has 0 aliphatic rings. The smallest absolute Gasteiger partial charge is 0.335 e. The van der Waals surface area contributed by atoms with Gasteiger partial charge < -0.3 is 15.3 Å². The summed E-state index contributed by atoms with van der Waals surface area (Å²) in [7, 11) is 0. The van der Waals surface area contributed by atoms with Gasteiger partial charge in [0.15, 0.2) is 0 Å². The maximum absolute atomic E-state index is 10.7. The van der Waals surface area contributed by atoms with Gasteiger partial charge >= 0.3 is 5.97 Å². The zero-order valence-electron chi connectivity index (χ0n) is 7.64. The Morgan fingerprint density at radius 1 is 1.07 bits per heavy atom. The van der Waals surface area contributed by atoms with Crippen LogP contribution >= 0.6 is 0 Å². The number of benzene rings is 2. The molecular formula is C11H8O4. The summed E-state index contributed by atoms with van der Waals surface area (Å²) in [6.07, 6.45) is 0. The first-order chi connectivity index (χ1) is 7.09. The number of rotatable bonds is 1. The molecule has 0 unspecified atom stereocenters. The van der Waals surface area contributed by atoms with Crippen molar-refractivity contribution in [3.63, 3.8) is 0 Å². The van der Waals surface area contributed by atoms with E-state index >= 15 is 0 Å². The van der Waals surface area contributed by atoms with E-state index in [1.807, 2.05) is 0 Å². The van der Waals surface area contributed by atoms with Crippen molar-refractivity contribution < 1.29 is 20.1 Å². The minimum atomic E-state index is -1.12. The molecule has 4 heteroatoms. The van der Waals surface area contributed by atoms with Gasteiger partial charge in [0, 0.05) is 0 Å². The SMILES string of the molecule is O=C(O)c1cc(O)c2c(O)cccc2c1. The Hall–Kier alpha value is -2.23. The van der Waals surface area contributed by atoms with Gasteiger partial charge in [-0.3, -0.25) is 0 Å². The van der Waals surface area contributed by atoms with Crippen molar-refractivity contribution >= 4 is 16.7 Å². The Morgan fingerprint density at radius 3 is 2.47 bits per heavy atom. The Bertz CT molecular complexity index is 546. The number of carboxylic acid groups (broad SMARTS) is 1. The van der Waals surface area contributed by atoms with Crippen LogP contribution in [0.3, 0.4) is 0 Å². The molecule has 0 bridgehead atoms. The van der Waals surface area contributed by atoms with E-state index in [-0.39, 0.29) is 22.4 Å². The van der Waals surface area contributed by atoms with Crippen molar-refractivity contribution in [1.82, 2.24) is 0 Å². The van der Waals surface area contributed by atoms with Crippen LogP contribution < -0.4 is 0 Å². The van der Waals surface area contributed by atoms with Crippen molar-refractivity contribution in [2.24, 2.45) is 0 Å². The molecule has 76 valence electrons. The molecular weight excluding hydrogens is 196 g/mol. The van der Waals surface area contributed by atoms with Crippen LogP contribution in [-0.4, -0.2) is 21.3 Å². The van der Waals surface area contributed by atoms with E-state index in [4.69, 9.17) is 5.11 Å². The molecule has 2 aromatic carbocycles. The molecule has 0 saturated heterocycles.